The van der Waals surface area contributed by atoms with E-state index < -0.39 is 0 Å². The van der Waals surface area contributed by atoms with Crippen molar-refractivity contribution in [1.29, 1.82) is 0 Å². The molecule has 0 spiro atoms. The molecule has 0 aliphatic heterocycles. The highest BCUT2D eigenvalue weighted by Gasteiger charge is 2.09. The van der Waals surface area contributed by atoms with E-state index in [0.29, 0.717) is 13.0 Å². The Kier molecular flexibility index (Phi) is 9.55. The van der Waals surface area contributed by atoms with Crippen molar-refractivity contribution >= 4 is 6.29 Å². The zero-order valence-corrected chi connectivity index (χ0v) is 13.3. The number of benzene rings is 1. The largest absolute Gasteiger partial charge is 0.497 e. The fourth-order valence-electron chi connectivity index (χ4n) is 2.29. The molecular formula is C18H28O3. The average Bonchev–Trinajstić information content (AvgIpc) is 2.52. The molecule has 3 nitrogen and oxygen atoms in total. The lowest BCUT2D eigenvalue weighted by molar-refractivity contribution is -0.110. The Labute approximate surface area is 128 Å². The maximum absolute atomic E-state index is 10.7. The van der Waals surface area contributed by atoms with Gasteiger partial charge in [-0.1, -0.05) is 51.2 Å². The van der Waals surface area contributed by atoms with Crippen LogP contribution in [0.25, 0.3) is 0 Å². The third kappa shape index (κ3) is 7.86. The summed E-state index contributed by atoms with van der Waals surface area (Å²) in [6, 6.07) is 7.85. The van der Waals surface area contributed by atoms with Gasteiger partial charge >= 0.3 is 0 Å². The van der Waals surface area contributed by atoms with Crippen molar-refractivity contribution in [2.24, 2.45) is 0 Å². The second kappa shape index (κ2) is 11.3. The summed E-state index contributed by atoms with van der Waals surface area (Å²) in [5, 5.41) is 0. The van der Waals surface area contributed by atoms with Crippen LogP contribution < -0.4 is 4.74 Å². The van der Waals surface area contributed by atoms with Gasteiger partial charge in [-0.3, -0.25) is 0 Å². The number of aldehydes is 1. The molecule has 1 aromatic carbocycles. The minimum atomic E-state index is 0.0474. The number of ether oxygens (including phenoxy) is 2. The van der Waals surface area contributed by atoms with Gasteiger partial charge in [0.05, 0.1) is 19.8 Å². The Bertz CT molecular complexity index is 373. The van der Waals surface area contributed by atoms with E-state index in [9.17, 15) is 4.79 Å². The van der Waals surface area contributed by atoms with Crippen LogP contribution in [0.1, 0.15) is 57.4 Å². The molecule has 3 heteroatoms. The number of methoxy groups -OCH3 is 1. The van der Waals surface area contributed by atoms with Crippen LogP contribution in [0.5, 0.6) is 5.75 Å². The van der Waals surface area contributed by atoms with Gasteiger partial charge in [0.2, 0.25) is 0 Å². The van der Waals surface area contributed by atoms with E-state index in [1.165, 1.54) is 25.7 Å². The molecule has 0 aromatic heterocycles. The molecule has 0 N–H and O–H groups in total. The Balaban J connectivity index is 2.30. The Morgan fingerprint density at radius 3 is 2.43 bits per heavy atom. The van der Waals surface area contributed by atoms with E-state index in [1.807, 2.05) is 24.3 Å². The molecule has 1 rings (SSSR count). The second-order valence-electron chi connectivity index (χ2n) is 5.39. The maximum atomic E-state index is 10.7. The normalized spacial score (nSPS) is 12.1. The molecule has 0 bridgehead atoms. The van der Waals surface area contributed by atoms with Gasteiger partial charge in [0, 0.05) is 6.42 Å². The highest BCUT2D eigenvalue weighted by Crippen LogP contribution is 2.16. The monoisotopic (exact) mass is 292 g/mol. The molecule has 1 aromatic rings. The van der Waals surface area contributed by atoms with Crippen LogP contribution in [0.4, 0.5) is 0 Å². The summed E-state index contributed by atoms with van der Waals surface area (Å²) in [4.78, 5) is 10.7. The van der Waals surface area contributed by atoms with Gasteiger partial charge in [0.15, 0.2) is 0 Å². The molecule has 118 valence electrons. The Hall–Kier alpha value is -1.35. The molecular weight excluding hydrogens is 264 g/mol. The van der Waals surface area contributed by atoms with Gasteiger partial charge in [0.1, 0.15) is 12.0 Å². The van der Waals surface area contributed by atoms with E-state index in [0.717, 1.165) is 30.4 Å². The maximum Gasteiger partial charge on any atom is 0.122 e. The molecule has 0 aliphatic carbocycles. The minimum Gasteiger partial charge on any atom is -0.497 e. The molecule has 0 fully saturated rings. The molecule has 1 atom stereocenters. The van der Waals surface area contributed by atoms with Crippen molar-refractivity contribution in [3.05, 3.63) is 29.8 Å². The summed E-state index contributed by atoms with van der Waals surface area (Å²) >= 11 is 0. The first kappa shape index (κ1) is 17.7. The van der Waals surface area contributed by atoms with Crippen LogP contribution >= 0.6 is 0 Å². The van der Waals surface area contributed by atoms with Gasteiger partial charge in [-0.15, -0.1) is 0 Å². The predicted molar refractivity (Wildman–Crippen MR) is 85.6 cm³/mol. The number of hydrogen-bond acceptors (Lipinski definition) is 3. The fourth-order valence-corrected chi connectivity index (χ4v) is 2.29. The van der Waals surface area contributed by atoms with Gasteiger partial charge in [-0.2, -0.15) is 0 Å². The van der Waals surface area contributed by atoms with Crippen LogP contribution in [0.15, 0.2) is 24.3 Å². The molecule has 0 aliphatic rings. The minimum absolute atomic E-state index is 0.0474. The number of rotatable bonds is 12. The Morgan fingerprint density at radius 1 is 1.10 bits per heavy atom. The topological polar surface area (TPSA) is 35.5 Å². The van der Waals surface area contributed by atoms with Crippen LogP contribution in [0.2, 0.25) is 0 Å². The van der Waals surface area contributed by atoms with E-state index in [1.54, 1.807) is 7.11 Å². The van der Waals surface area contributed by atoms with Crippen LogP contribution in [-0.4, -0.2) is 19.5 Å². The number of hydrogen-bond donors (Lipinski definition) is 0. The van der Waals surface area contributed by atoms with Crippen molar-refractivity contribution < 1.29 is 14.3 Å². The summed E-state index contributed by atoms with van der Waals surface area (Å²) in [5.74, 6) is 0.846. The van der Waals surface area contributed by atoms with Crippen LogP contribution in [0.3, 0.4) is 0 Å². The van der Waals surface area contributed by atoms with Gasteiger partial charge in [0.25, 0.3) is 0 Å². The molecule has 0 saturated heterocycles. The molecule has 0 unspecified atom stereocenters. The molecule has 0 radical (unpaired) electrons. The fraction of sp³-hybridized carbons (Fsp3) is 0.611. The first-order valence-corrected chi connectivity index (χ1v) is 7.98. The summed E-state index contributed by atoms with van der Waals surface area (Å²) in [6.45, 7) is 2.77. The summed E-state index contributed by atoms with van der Waals surface area (Å²) < 4.78 is 11.0. The van der Waals surface area contributed by atoms with Gasteiger partial charge in [-0.05, 0) is 24.1 Å². The van der Waals surface area contributed by atoms with E-state index in [-0.39, 0.29) is 6.10 Å². The van der Waals surface area contributed by atoms with Crippen LogP contribution in [0, 0.1) is 0 Å². The van der Waals surface area contributed by atoms with Crippen LogP contribution in [-0.2, 0) is 16.1 Å². The zero-order valence-electron chi connectivity index (χ0n) is 13.3. The number of carbonyl (C=O) groups excluding carboxylic acids is 1. The van der Waals surface area contributed by atoms with Gasteiger partial charge in [-0.25, -0.2) is 0 Å². The Morgan fingerprint density at radius 2 is 1.81 bits per heavy atom. The highest BCUT2D eigenvalue weighted by atomic mass is 16.5. The predicted octanol–water partition coefficient (Wildman–Crippen LogP) is 4.53. The first-order chi connectivity index (χ1) is 10.3. The smallest absolute Gasteiger partial charge is 0.122 e. The average molecular weight is 292 g/mol. The summed E-state index contributed by atoms with van der Waals surface area (Å²) in [7, 11) is 1.66. The van der Waals surface area contributed by atoms with E-state index >= 15 is 0 Å². The zero-order chi connectivity index (χ0) is 15.3. The quantitative estimate of drug-likeness (QED) is 0.419. The van der Waals surface area contributed by atoms with Crippen molar-refractivity contribution in [1.82, 2.24) is 0 Å². The number of unbranched alkanes of at least 4 members (excludes halogenated alkanes) is 4. The third-order valence-electron chi connectivity index (χ3n) is 3.63. The molecule has 21 heavy (non-hydrogen) atoms. The lowest BCUT2D eigenvalue weighted by atomic mass is 10.1. The highest BCUT2D eigenvalue weighted by molar-refractivity contribution is 5.50. The summed E-state index contributed by atoms with van der Waals surface area (Å²) in [6.07, 6.45) is 8.68. The van der Waals surface area contributed by atoms with Crippen molar-refractivity contribution in [3.63, 3.8) is 0 Å². The third-order valence-corrected chi connectivity index (χ3v) is 3.63. The molecule has 0 saturated carbocycles. The second-order valence-corrected chi connectivity index (χ2v) is 5.39. The molecule has 0 amide bonds. The van der Waals surface area contributed by atoms with E-state index in [2.05, 4.69) is 6.92 Å². The lowest BCUT2D eigenvalue weighted by Gasteiger charge is -2.15. The van der Waals surface area contributed by atoms with Crippen molar-refractivity contribution in [2.45, 2.75) is 64.6 Å². The summed E-state index contributed by atoms with van der Waals surface area (Å²) in [5.41, 5.74) is 1.11. The van der Waals surface area contributed by atoms with Crippen molar-refractivity contribution in [2.75, 3.05) is 7.11 Å². The van der Waals surface area contributed by atoms with Gasteiger partial charge < -0.3 is 14.3 Å². The first-order valence-electron chi connectivity index (χ1n) is 7.98. The standard InChI is InChI=1S/C18H28O3/c1-3-4-5-6-7-8-18(13-14-19)21-15-16-9-11-17(20-2)12-10-16/h9-12,14,18H,3-8,13,15H2,1-2H3/t18-/m1/s1. The number of carbonyl (C=O) groups is 1. The van der Waals surface area contributed by atoms with E-state index in [4.69, 9.17) is 9.47 Å². The van der Waals surface area contributed by atoms with Crippen molar-refractivity contribution in [3.8, 4) is 5.75 Å². The SMILES string of the molecule is CCCCCCC[C@H](CC=O)OCc1ccc(OC)cc1. The molecule has 0 heterocycles. The lowest BCUT2D eigenvalue weighted by Crippen LogP contribution is -2.13.